The van der Waals surface area contributed by atoms with Crippen LogP contribution in [0.4, 0.5) is 8.78 Å². The van der Waals surface area contributed by atoms with E-state index in [4.69, 9.17) is 0 Å². The molecule has 1 rings (SSSR count). The molecule has 0 saturated carbocycles. The summed E-state index contributed by atoms with van der Waals surface area (Å²) < 4.78 is 26.7. The molecule has 1 aromatic carbocycles. The predicted molar refractivity (Wildman–Crippen MR) is 102 cm³/mol. The minimum absolute atomic E-state index is 0. The summed E-state index contributed by atoms with van der Waals surface area (Å²) in [5, 5.41) is 6.31. The van der Waals surface area contributed by atoms with Crippen LogP contribution < -0.4 is 10.6 Å². The van der Waals surface area contributed by atoms with Gasteiger partial charge in [0.05, 0.1) is 6.54 Å². The van der Waals surface area contributed by atoms with Gasteiger partial charge < -0.3 is 15.5 Å². The first-order valence-electron chi connectivity index (χ1n) is 7.79. The Kier molecular flexibility index (Phi) is 11.9. The van der Waals surface area contributed by atoms with E-state index >= 15 is 0 Å². The molecule has 132 valence electrons. The number of hydrogen-bond acceptors (Lipinski definition) is 2. The molecule has 0 aromatic heterocycles. The molecule has 7 heteroatoms. The van der Waals surface area contributed by atoms with Gasteiger partial charge in [0.15, 0.2) is 5.96 Å². The maximum atomic E-state index is 13.6. The first-order chi connectivity index (χ1) is 10.6. The van der Waals surface area contributed by atoms with Crippen LogP contribution in [0, 0.1) is 11.6 Å². The lowest BCUT2D eigenvalue weighted by molar-refractivity contribution is 0.308. The average molecular weight is 440 g/mol. The van der Waals surface area contributed by atoms with Gasteiger partial charge in [-0.2, -0.15) is 0 Å². The van der Waals surface area contributed by atoms with E-state index in [1.165, 1.54) is 6.07 Å². The van der Waals surface area contributed by atoms with Gasteiger partial charge in [0.2, 0.25) is 0 Å². The van der Waals surface area contributed by atoms with E-state index in [-0.39, 0.29) is 36.1 Å². The summed E-state index contributed by atoms with van der Waals surface area (Å²) in [7, 11) is 0. The van der Waals surface area contributed by atoms with Crippen LogP contribution in [0.3, 0.4) is 0 Å². The molecular formula is C16H27F2IN4. The second-order valence-electron chi connectivity index (χ2n) is 4.88. The quantitative estimate of drug-likeness (QED) is 0.371. The Labute approximate surface area is 154 Å². The highest BCUT2D eigenvalue weighted by Crippen LogP contribution is 2.10. The molecule has 0 heterocycles. The van der Waals surface area contributed by atoms with Crippen LogP contribution in [0.2, 0.25) is 0 Å². The largest absolute Gasteiger partial charge is 0.357 e. The SMILES string of the molecule is CCNC(=NCc1cc(F)ccc1F)NCCN(CC)CC.I. The summed E-state index contributed by atoms with van der Waals surface area (Å²) in [5.41, 5.74) is 0.251. The molecule has 23 heavy (non-hydrogen) atoms. The lowest BCUT2D eigenvalue weighted by Gasteiger charge is -2.19. The van der Waals surface area contributed by atoms with Crippen molar-refractivity contribution in [3.05, 3.63) is 35.4 Å². The van der Waals surface area contributed by atoms with Crippen LogP contribution in [-0.2, 0) is 6.54 Å². The Morgan fingerprint density at radius 2 is 1.83 bits per heavy atom. The van der Waals surface area contributed by atoms with Crippen molar-refractivity contribution in [2.45, 2.75) is 27.3 Å². The van der Waals surface area contributed by atoms with Crippen molar-refractivity contribution >= 4 is 29.9 Å². The molecule has 0 atom stereocenters. The highest BCUT2D eigenvalue weighted by molar-refractivity contribution is 14.0. The zero-order chi connectivity index (χ0) is 16.4. The molecule has 2 N–H and O–H groups in total. The van der Waals surface area contributed by atoms with E-state index in [2.05, 4.69) is 34.4 Å². The molecule has 0 aliphatic heterocycles. The van der Waals surface area contributed by atoms with E-state index in [1.54, 1.807) is 0 Å². The zero-order valence-corrected chi connectivity index (χ0v) is 16.4. The van der Waals surface area contributed by atoms with Gasteiger partial charge in [-0.25, -0.2) is 13.8 Å². The topological polar surface area (TPSA) is 39.7 Å². The first-order valence-corrected chi connectivity index (χ1v) is 7.79. The van der Waals surface area contributed by atoms with Gasteiger partial charge in [-0.05, 0) is 38.2 Å². The molecule has 0 aliphatic carbocycles. The van der Waals surface area contributed by atoms with E-state index < -0.39 is 11.6 Å². The fourth-order valence-electron chi connectivity index (χ4n) is 2.04. The standard InChI is InChI=1S/C16H26F2N4.HI/c1-4-19-16(20-9-10-22(5-2)6-3)21-12-13-11-14(17)7-8-15(13)18;/h7-8,11H,4-6,9-10,12H2,1-3H3,(H2,19,20,21);1H. The van der Waals surface area contributed by atoms with Gasteiger partial charge >= 0.3 is 0 Å². The number of nitrogens with zero attached hydrogens (tertiary/aromatic N) is 2. The lowest BCUT2D eigenvalue weighted by Crippen LogP contribution is -2.41. The third-order valence-corrected chi connectivity index (χ3v) is 3.37. The summed E-state index contributed by atoms with van der Waals surface area (Å²) in [6, 6.07) is 3.41. The average Bonchev–Trinajstić information content (AvgIpc) is 2.52. The monoisotopic (exact) mass is 440 g/mol. The van der Waals surface area contributed by atoms with Crippen molar-refractivity contribution in [1.82, 2.24) is 15.5 Å². The molecule has 0 bridgehead atoms. The van der Waals surface area contributed by atoms with Crippen molar-refractivity contribution in [2.24, 2.45) is 4.99 Å². The Hall–Kier alpha value is -0.960. The Balaban J connectivity index is 0.00000484. The molecule has 4 nitrogen and oxygen atoms in total. The van der Waals surface area contributed by atoms with Crippen molar-refractivity contribution in [3.8, 4) is 0 Å². The fourth-order valence-corrected chi connectivity index (χ4v) is 2.04. The molecule has 0 aliphatic rings. The summed E-state index contributed by atoms with van der Waals surface area (Å²) in [5.74, 6) is -0.284. The summed E-state index contributed by atoms with van der Waals surface area (Å²) in [6.07, 6.45) is 0. The van der Waals surface area contributed by atoms with E-state index in [0.717, 1.165) is 38.3 Å². The Bertz CT molecular complexity index is 479. The van der Waals surface area contributed by atoms with Crippen LogP contribution in [0.15, 0.2) is 23.2 Å². The molecule has 1 aromatic rings. The number of guanidine groups is 1. The molecule has 0 radical (unpaired) electrons. The van der Waals surface area contributed by atoms with Crippen molar-refractivity contribution in [2.75, 3.05) is 32.7 Å². The van der Waals surface area contributed by atoms with Crippen molar-refractivity contribution in [3.63, 3.8) is 0 Å². The summed E-state index contributed by atoms with van der Waals surface area (Å²) >= 11 is 0. The number of hydrogen-bond donors (Lipinski definition) is 2. The van der Waals surface area contributed by atoms with Crippen LogP contribution in [-0.4, -0.2) is 43.6 Å². The van der Waals surface area contributed by atoms with Gasteiger partial charge in [0.25, 0.3) is 0 Å². The van der Waals surface area contributed by atoms with E-state index in [0.29, 0.717) is 12.5 Å². The van der Waals surface area contributed by atoms with Gasteiger partial charge in [0, 0.05) is 25.2 Å². The lowest BCUT2D eigenvalue weighted by atomic mass is 10.2. The van der Waals surface area contributed by atoms with Crippen molar-refractivity contribution in [1.29, 1.82) is 0 Å². The summed E-state index contributed by atoms with van der Waals surface area (Å²) in [4.78, 5) is 6.60. The maximum Gasteiger partial charge on any atom is 0.191 e. The Morgan fingerprint density at radius 1 is 1.13 bits per heavy atom. The third kappa shape index (κ3) is 8.45. The normalized spacial score (nSPS) is 11.3. The predicted octanol–water partition coefficient (Wildman–Crippen LogP) is 2.98. The minimum Gasteiger partial charge on any atom is -0.357 e. The zero-order valence-electron chi connectivity index (χ0n) is 14.0. The number of nitrogens with one attached hydrogen (secondary N) is 2. The van der Waals surface area contributed by atoms with Crippen LogP contribution >= 0.6 is 24.0 Å². The second-order valence-corrected chi connectivity index (χ2v) is 4.88. The number of likely N-dealkylation sites (N-methyl/N-ethyl adjacent to an activating group) is 1. The van der Waals surface area contributed by atoms with Crippen LogP contribution in [0.25, 0.3) is 0 Å². The number of rotatable bonds is 8. The Morgan fingerprint density at radius 3 is 2.43 bits per heavy atom. The van der Waals surface area contributed by atoms with Gasteiger partial charge in [-0.1, -0.05) is 13.8 Å². The third-order valence-electron chi connectivity index (χ3n) is 3.37. The highest BCUT2D eigenvalue weighted by Gasteiger charge is 2.05. The summed E-state index contributed by atoms with van der Waals surface area (Å²) in [6.45, 7) is 10.7. The van der Waals surface area contributed by atoms with Crippen LogP contribution in [0.1, 0.15) is 26.3 Å². The van der Waals surface area contributed by atoms with Crippen molar-refractivity contribution < 1.29 is 8.78 Å². The number of benzene rings is 1. The molecular weight excluding hydrogens is 413 g/mol. The van der Waals surface area contributed by atoms with Gasteiger partial charge in [-0.3, -0.25) is 0 Å². The van der Waals surface area contributed by atoms with Gasteiger partial charge in [-0.15, -0.1) is 24.0 Å². The smallest absolute Gasteiger partial charge is 0.191 e. The molecule has 0 fully saturated rings. The first kappa shape index (κ1) is 22.0. The number of aliphatic imine (C=N–C) groups is 1. The molecule has 0 amide bonds. The minimum atomic E-state index is -0.453. The maximum absolute atomic E-state index is 13.6. The van der Waals surface area contributed by atoms with E-state index in [9.17, 15) is 8.78 Å². The molecule has 0 unspecified atom stereocenters. The second kappa shape index (κ2) is 12.5. The van der Waals surface area contributed by atoms with E-state index in [1.807, 2.05) is 6.92 Å². The fraction of sp³-hybridized carbons (Fsp3) is 0.562. The number of halogens is 3. The molecule has 0 saturated heterocycles. The highest BCUT2D eigenvalue weighted by atomic mass is 127. The van der Waals surface area contributed by atoms with Gasteiger partial charge in [0.1, 0.15) is 11.6 Å². The van der Waals surface area contributed by atoms with Crippen LogP contribution in [0.5, 0.6) is 0 Å². The molecule has 0 spiro atoms.